The van der Waals surface area contributed by atoms with Gasteiger partial charge in [0.25, 0.3) is 14.2 Å². The van der Waals surface area contributed by atoms with Gasteiger partial charge in [0.15, 0.2) is 5.65 Å². The number of nitrogens with zero attached hydrogens (tertiary/aromatic N) is 5. The molecule has 6 aromatic rings. The molecule has 0 aliphatic carbocycles. The molecule has 10 nitrogen and oxygen atoms in total. The Hall–Kier alpha value is -4.65. The molecule has 1 N–H and O–H groups in total. The molecule has 13 heteroatoms. The first-order valence-electron chi connectivity index (χ1n) is 16.0. The molecular formula is C37H36Cl2N6O4Si. The van der Waals surface area contributed by atoms with Gasteiger partial charge in [0, 0.05) is 6.20 Å². The van der Waals surface area contributed by atoms with Crippen molar-refractivity contribution in [2.24, 2.45) is 0 Å². The van der Waals surface area contributed by atoms with Gasteiger partial charge in [-0.2, -0.15) is 5.10 Å². The van der Waals surface area contributed by atoms with Gasteiger partial charge in [-0.05, 0) is 39.7 Å². The van der Waals surface area contributed by atoms with Crippen LogP contribution in [0, 0.1) is 0 Å². The average Bonchev–Trinajstić information content (AvgIpc) is 3.55. The first-order valence-corrected chi connectivity index (χ1v) is 18.7. The van der Waals surface area contributed by atoms with Crippen LogP contribution in [-0.2, 0) is 14.0 Å². The summed E-state index contributed by atoms with van der Waals surface area (Å²) in [6.45, 7) is 7.05. The fraction of sp³-hybridized carbons (Fsp3) is 0.216. The van der Waals surface area contributed by atoms with E-state index in [1.54, 1.807) is 29.1 Å². The molecule has 3 aromatic carbocycles. The molecule has 3 aromatic heterocycles. The SMILES string of the molecule is CC(C)(C)[Si](OCCOC[C@H](Oc1ncnc2c1cnn2-c1ccccc1Cl)C(=O)Nc1ccc(Cl)cn1)(c1ccccc1)c1ccccc1. The molecule has 1 amide bonds. The number of ether oxygens (including phenoxy) is 2. The van der Waals surface area contributed by atoms with Crippen molar-refractivity contribution < 1.29 is 18.7 Å². The second-order valence-electron chi connectivity index (χ2n) is 12.5. The summed E-state index contributed by atoms with van der Waals surface area (Å²) in [6, 6.07) is 31.3. The summed E-state index contributed by atoms with van der Waals surface area (Å²) in [5.74, 6) is -0.0231. The van der Waals surface area contributed by atoms with Crippen LogP contribution < -0.4 is 20.4 Å². The van der Waals surface area contributed by atoms with Crippen LogP contribution >= 0.6 is 23.2 Å². The highest BCUT2D eigenvalue weighted by Gasteiger charge is 2.50. The Bertz CT molecular complexity index is 2000. The van der Waals surface area contributed by atoms with Gasteiger partial charge in [0.2, 0.25) is 12.0 Å². The first-order chi connectivity index (χ1) is 24.2. The van der Waals surface area contributed by atoms with E-state index < -0.39 is 20.3 Å². The van der Waals surface area contributed by atoms with Crippen LogP contribution in [0.5, 0.6) is 5.88 Å². The number of amides is 1. The lowest BCUT2D eigenvalue weighted by Crippen LogP contribution is -2.66. The van der Waals surface area contributed by atoms with Crippen LogP contribution in [0.2, 0.25) is 15.1 Å². The van der Waals surface area contributed by atoms with E-state index in [0.717, 1.165) is 0 Å². The Labute approximate surface area is 301 Å². The normalized spacial score (nSPS) is 12.5. The van der Waals surface area contributed by atoms with Crippen molar-refractivity contribution in [1.82, 2.24) is 24.7 Å². The van der Waals surface area contributed by atoms with Crippen molar-refractivity contribution in [2.45, 2.75) is 31.9 Å². The van der Waals surface area contributed by atoms with E-state index in [0.29, 0.717) is 39.2 Å². The molecule has 0 bridgehead atoms. The lowest BCUT2D eigenvalue weighted by Gasteiger charge is -2.43. The maximum absolute atomic E-state index is 13.6. The minimum atomic E-state index is -2.77. The van der Waals surface area contributed by atoms with Crippen molar-refractivity contribution in [2.75, 3.05) is 25.1 Å². The van der Waals surface area contributed by atoms with Crippen LogP contribution in [0.3, 0.4) is 0 Å². The fourth-order valence-corrected chi connectivity index (χ4v) is 10.7. The average molecular weight is 728 g/mol. The quantitative estimate of drug-likeness (QED) is 0.106. The number of carbonyl (C=O) groups excluding carboxylic acids is 1. The number of halogens is 2. The highest BCUT2D eigenvalue weighted by atomic mass is 35.5. The standard InChI is InChI=1S/C37H36Cl2N6O4Si/c1-37(2,3)50(27-12-6-4-7-13-27,28-14-8-5-9-15-28)48-21-20-47-24-32(35(46)44-33-19-18-26(38)22-40-33)49-36-29-23-43-45(34(29)41-25-42-36)31-17-11-10-16-30(31)39/h4-19,22-23,25,32H,20-21,24H2,1-3H3,(H,40,44,46)/t32-/m0/s1. The van der Waals surface area contributed by atoms with Gasteiger partial charge in [-0.3, -0.25) is 4.79 Å². The number of hydrogen-bond donors (Lipinski definition) is 1. The second kappa shape index (κ2) is 15.5. The Morgan fingerprint density at radius 3 is 2.16 bits per heavy atom. The van der Waals surface area contributed by atoms with Crippen LogP contribution in [0.4, 0.5) is 5.82 Å². The summed E-state index contributed by atoms with van der Waals surface area (Å²) in [5, 5.41) is 10.8. The molecule has 0 spiro atoms. The number of benzene rings is 3. The highest BCUT2D eigenvalue weighted by Crippen LogP contribution is 2.36. The highest BCUT2D eigenvalue weighted by molar-refractivity contribution is 6.99. The lowest BCUT2D eigenvalue weighted by atomic mass is 10.2. The molecule has 6 rings (SSSR count). The minimum Gasteiger partial charge on any atom is -0.461 e. The summed E-state index contributed by atoms with van der Waals surface area (Å²) in [4.78, 5) is 26.6. The van der Waals surface area contributed by atoms with Gasteiger partial charge in [0.05, 0.1) is 41.8 Å². The Balaban J connectivity index is 1.22. The van der Waals surface area contributed by atoms with Crippen molar-refractivity contribution in [3.05, 3.63) is 126 Å². The molecule has 256 valence electrons. The molecule has 0 saturated carbocycles. The lowest BCUT2D eigenvalue weighted by molar-refractivity contribution is -0.125. The maximum Gasteiger partial charge on any atom is 0.269 e. The predicted molar refractivity (Wildman–Crippen MR) is 198 cm³/mol. The van der Waals surface area contributed by atoms with E-state index >= 15 is 0 Å². The van der Waals surface area contributed by atoms with E-state index in [9.17, 15) is 4.79 Å². The van der Waals surface area contributed by atoms with Gasteiger partial charge in [0.1, 0.15) is 17.5 Å². The van der Waals surface area contributed by atoms with Crippen molar-refractivity contribution in [3.8, 4) is 11.6 Å². The number of pyridine rings is 1. The molecule has 3 heterocycles. The maximum atomic E-state index is 13.6. The van der Waals surface area contributed by atoms with E-state index in [-0.39, 0.29) is 24.1 Å². The van der Waals surface area contributed by atoms with Gasteiger partial charge < -0.3 is 19.2 Å². The molecule has 0 radical (unpaired) electrons. The Kier molecular flexibility index (Phi) is 10.9. The van der Waals surface area contributed by atoms with Crippen molar-refractivity contribution in [1.29, 1.82) is 0 Å². The van der Waals surface area contributed by atoms with Crippen molar-refractivity contribution >= 4 is 64.7 Å². The number of fused-ring (bicyclic) bond motifs is 1. The van der Waals surface area contributed by atoms with Crippen molar-refractivity contribution in [3.63, 3.8) is 0 Å². The molecule has 1 atom stereocenters. The smallest absolute Gasteiger partial charge is 0.269 e. The topological polar surface area (TPSA) is 113 Å². The van der Waals surface area contributed by atoms with Crippen LogP contribution in [0.1, 0.15) is 20.8 Å². The molecule has 50 heavy (non-hydrogen) atoms. The monoisotopic (exact) mass is 726 g/mol. The number of para-hydroxylation sites is 1. The number of carbonyl (C=O) groups is 1. The third-order valence-corrected chi connectivity index (χ3v) is 13.8. The molecule has 0 aliphatic heterocycles. The Morgan fingerprint density at radius 2 is 1.52 bits per heavy atom. The zero-order valence-corrected chi connectivity index (χ0v) is 30.3. The van der Waals surface area contributed by atoms with Crippen LogP contribution in [0.15, 0.2) is 116 Å². The van der Waals surface area contributed by atoms with Gasteiger partial charge >= 0.3 is 0 Å². The molecular weight excluding hydrogens is 691 g/mol. The zero-order chi connectivity index (χ0) is 35.1. The van der Waals surface area contributed by atoms with Crippen LogP contribution in [0.25, 0.3) is 16.7 Å². The zero-order valence-electron chi connectivity index (χ0n) is 27.8. The third-order valence-electron chi connectivity index (χ3n) is 8.17. The second-order valence-corrected chi connectivity index (χ2v) is 17.6. The minimum absolute atomic E-state index is 0.103. The van der Waals surface area contributed by atoms with E-state index in [4.69, 9.17) is 37.1 Å². The number of aromatic nitrogens is 5. The van der Waals surface area contributed by atoms with Gasteiger partial charge in [-0.25, -0.2) is 19.6 Å². The molecule has 0 fully saturated rings. The molecule has 0 unspecified atom stereocenters. The number of anilines is 1. The van der Waals surface area contributed by atoms with E-state index in [1.165, 1.54) is 22.9 Å². The Morgan fingerprint density at radius 1 is 0.840 bits per heavy atom. The fourth-order valence-electron chi connectivity index (χ4n) is 5.88. The van der Waals surface area contributed by atoms with E-state index in [1.807, 2.05) is 54.6 Å². The summed E-state index contributed by atoms with van der Waals surface area (Å²) < 4.78 is 20.9. The largest absolute Gasteiger partial charge is 0.461 e. The van der Waals surface area contributed by atoms with Gasteiger partial charge in [-0.1, -0.05) is 117 Å². The summed E-state index contributed by atoms with van der Waals surface area (Å²) in [7, 11) is -2.77. The number of hydrogen-bond acceptors (Lipinski definition) is 8. The number of rotatable bonds is 13. The summed E-state index contributed by atoms with van der Waals surface area (Å²) >= 11 is 12.5. The third kappa shape index (κ3) is 7.57. The first kappa shape index (κ1) is 35.2. The summed E-state index contributed by atoms with van der Waals surface area (Å²) in [6.07, 6.45) is 3.24. The van der Waals surface area contributed by atoms with Crippen LogP contribution in [-0.4, -0.2) is 64.9 Å². The van der Waals surface area contributed by atoms with Gasteiger partial charge in [-0.15, -0.1) is 0 Å². The van der Waals surface area contributed by atoms with E-state index in [2.05, 4.69) is 70.4 Å². The molecule has 0 saturated heterocycles. The summed E-state index contributed by atoms with van der Waals surface area (Å²) in [5.41, 5.74) is 1.10. The predicted octanol–water partition coefficient (Wildman–Crippen LogP) is 6.50. The molecule has 0 aliphatic rings. The number of nitrogens with one attached hydrogen (secondary N) is 1.